The molecule has 27 heavy (non-hydrogen) atoms. The van der Waals surface area contributed by atoms with Crippen LogP contribution in [0.3, 0.4) is 0 Å². The fraction of sp³-hybridized carbons (Fsp3) is 0.250. The lowest BCUT2D eigenvalue weighted by Gasteiger charge is -2.09. The van der Waals surface area contributed by atoms with Crippen LogP contribution in [0.5, 0.6) is 0 Å². The van der Waals surface area contributed by atoms with Crippen LogP contribution in [-0.4, -0.2) is 35.6 Å². The predicted octanol–water partition coefficient (Wildman–Crippen LogP) is 2.83. The molecule has 7 nitrogen and oxygen atoms in total. The van der Waals surface area contributed by atoms with E-state index >= 15 is 0 Å². The highest BCUT2D eigenvalue weighted by molar-refractivity contribution is 6.05. The van der Waals surface area contributed by atoms with Crippen molar-refractivity contribution in [2.45, 2.75) is 26.4 Å². The fourth-order valence-electron chi connectivity index (χ4n) is 2.29. The number of nitrogens with one attached hydrogen (secondary N) is 2. The van der Waals surface area contributed by atoms with Gasteiger partial charge in [0.05, 0.1) is 24.7 Å². The first-order chi connectivity index (χ1) is 12.9. The first-order valence-electron chi connectivity index (χ1n) is 8.55. The maximum absolute atomic E-state index is 12.3. The molecule has 0 bridgehead atoms. The first-order valence-corrected chi connectivity index (χ1v) is 8.55. The van der Waals surface area contributed by atoms with Crippen LogP contribution in [0.25, 0.3) is 0 Å². The van der Waals surface area contributed by atoms with E-state index in [0.717, 1.165) is 0 Å². The van der Waals surface area contributed by atoms with Gasteiger partial charge in [-0.3, -0.25) is 9.59 Å². The van der Waals surface area contributed by atoms with E-state index in [0.29, 0.717) is 29.1 Å². The highest BCUT2D eigenvalue weighted by Gasteiger charge is 2.10. The van der Waals surface area contributed by atoms with Crippen molar-refractivity contribution < 1.29 is 24.2 Å². The van der Waals surface area contributed by atoms with E-state index in [-0.39, 0.29) is 18.2 Å². The maximum atomic E-state index is 12.3. The average molecular weight is 370 g/mol. The van der Waals surface area contributed by atoms with Crippen molar-refractivity contribution in [2.24, 2.45) is 0 Å². The second-order valence-corrected chi connectivity index (χ2v) is 5.93. The number of hydrogen-bond donors (Lipinski definition) is 3. The van der Waals surface area contributed by atoms with Gasteiger partial charge in [0.25, 0.3) is 5.91 Å². The normalized spacial score (nSPS) is 11.4. The van der Waals surface area contributed by atoms with Gasteiger partial charge in [-0.15, -0.1) is 0 Å². The highest BCUT2D eigenvalue weighted by Crippen LogP contribution is 2.14. The molecule has 1 unspecified atom stereocenters. The van der Waals surface area contributed by atoms with Crippen molar-refractivity contribution in [1.29, 1.82) is 0 Å². The molecule has 7 heteroatoms. The molecule has 0 aromatic heterocycles. The molecule has 0 saturated heterocycles. The third-order valence-corrected chi connectivity index (χ3v) is 3.57. The number of esters is 1. The number of hydrogen-bond acceptors (Lipinski definition) is 5. The molecule has 2 rings (SSSR count). The van der Waals surface area contributed by atoms with Gasteiger partial charge >= 0.3 is 5.97 Å². The Labute approximate surface area is 157 Å². The van der Waals surface area contributed by atoms with E-state index in [1.165, 1.54) is 6.92 Å². The number of aliphatic hydroxyl groups is 1. The minimum atomic E-state index is -0.717. The summed E-state index contributed by atoms with van der Waals surface area (Å²) < 4.78 is 4.91. The Morgan fingerprint density at radius 3 is 1.96 bits per heavy atom. The van der Waals surface area contributed by atoms with Crippen molar-refractivity contribution in [3.63, 3.8) is 0 Å². The second kappa shape index (κ2) is 9.49. The molecule has 0 aliphatic carbocycles. The molecule has 142 valence electrons. The van der Waals surface area contributed by atoms with Crippen LogP contribution >= 0.6 is 0 Å². The smallest absolute Gasteiger partial charge is 0.338 e. The Balaban J connectivity index is 1.95. The summed E-state index contributed by atoms with van der Waals surface area (Å²) in [5.41, 5.74) is 1.91. The van der Waals surface area contributed by atoms with Crippen LogP contribution < -0.4 is 10.6 Å². The zero-order chi connectivity index (χ0) is 19.8. The molecule has 2 amide bonds. The monoisotopic (exact) mass is 370 g/mol. The maximum Gasteiger partial charge on any atom is 0.338 e. The van der Waals surface area contributed by atoms with E-state index in [1.54, 1.807) is 55.5 Å². The molecular formula is C20H22N2O5. The molecule has 3 N–H and O–H groups in total. The summed E-state index contributed by atoms with van der Waals surface area (Å²) in [4.78, 5) is 35.5. The zero-order valence-corrected chi connectivity index (χ0v) is 15.2. The standard InChI is InChI=1S/C20H22N2O5/c1-3-27-20(26)15-6-10-17(11-7-15)22-19(25)14-4-8-16(9-5-14)21-18(24)12-13(2)23/h4-11,13,23H,3,12H2,1-2H3,(H,21,24)(H,22,25). The molecule has 0 fully saturated rings. The molecule has 0 heterocycles. The molecular weight excluding hydrogens is 348 g/mol. The van der Waals surface area contributed by atoms with Crippen molar-refractivity contribution in [3.05, 3.63) is 59.7 Å². The van der Waals surface area contributed by atoms with Crippen molar-refractivity contribution in [3.8, 4) is 0 Å². The van der Waals surface area contributed by atoms with E-state index in [2.05, 4.69) is 10.6 Å². The quantitative estimate of drug-likeness (QED) is 0.650. The summed E-state index contributed by atoms with van der Waals surface area (Å²) in [6.45, 7) is 3.56. The van der Waals surface area contributed by atoms with Crippen LogP contribution in [0.1, 0.15) is 41.0 Å². The number of benzene rings is 2. The van der Waals surface area contributed by atoms with Gasteiger partial charge in [-0.25, -0.2) is 4.79 Å². The molecule has 0 saturated carbocycles. The number of carbonyl (C=O) groups excluding carboxylic acids is 3. The topological polar surface area (TPSA) is 105 Å². The number of amides is 2. The average Bonchev–Trinajstić information content (AvgIpc) is 2.62. The SMILES string of the molecule is CCOC(=O)c1ccc(NC(=O)c2ccc(NC(=O)CC(C)O)cc2)cc1. The number of aliphatic hydroxyl groups excluding tert-OH is 1. The third-order valence-electron chi connectivity index (χ3n) is 3.57. The van der Waals surface area contributed by atoms with E-state index in [1.807, 2.05) is 0 Å². The lowest BCUT2D eigenvalue weighted by atomic mass is 10.1. The van der Waals surface area contributed by atoms with Gasteiger partial charge in [0.2, 0.25) is 5.91 Å². The lowest BCUT2D eigenvalue weighted by Crippen LogP contribution is -2.17. The summed E-state index contributed by atoms with van der Waals surface area (Å²) in [5.74, 6) is -1.03. The zero-order valence-electron chi connectivity index (χ0n) is 15.2. The Hall–Kier alpha value is -3.19. The summed E-state index contributed by atoms with van der Waals surface area (Å²) in [6.07, 6.45) is -0.713. The van der Waals surface area contributed by atoms with Gasteiger partial charge in [0, 0.05) is 16.9 Å². The van der Waals surface area contributed by atoms with Gasteiger partial charge in [-0.1, -0.05) is 0 Å². The summed E-state index contributed by atoms with van der Waals surface area (Å²) in [6, 6.07) is 12.8. The van der Waals surface area contributed by atoms with E-state index in [9.17, 15) is 19.5 Å². The first kappa shape index (κ1) is 20.1. The van der Waals surface area contributed by atoms with E-state index < -0.39 is 12.1 Å². The van der Waals surface area contributed by atoms with Crippen LogP contribution in [0.2, 0.25) is 0 Å². The van der Waals surface area contributed by atoms with Gasteiger partial charge in [0.15, 0.2) is 0 Å². The van der Waals surface area contributed by atoms with Crippen molar-refractivity contribution in [1.82, 2.24) is 0 Å². The Morgan fingerprint density at radius 1 is 0.926 bits per heavy atom. The highest BCUT2D eigenvalue weighted by atomic mass is 16.5. The number of rotatable bonds is 7. The Morgan fingerprint density at radius 2 is 1.44 bits per heavy atom. The second-order valence-electron chi connectivity index (χ2n) is 5.93. The Bertz CT molecular complexity index is 798. The third kappa shape index (κ3) is 6.23. The minimum absolute atomic E-state index is 0.00400. The molecule has 2 aromatic rings. The van der Waals surface area contributed by atoms with Gasteiger partial charge in [-0.2, -0.15) is 0 Å². The van der Waals surface area contributed by atoms with Gasteiger partial charge in [0.1, 0.15) is 0 Å². The van der Waals surface area contributed by atoms with Crippen LogP contribution in [0, 0.1) is 0 Å². The van der Waals surface area contributed by atoms with Crippen molar-refractivity contribution >= 4 is 29.2 Å². The molecule has 0 radical (unpaired) electrons. The summed E-state index contributed by atoms with van der Waals surface area (Å²) in [7, 11) is 0. The van der Waals surface area contributed by atoms with Crippen LogP contribution in [-0.2, 0) is 9.53 Å². The number of ether oxygens (including phenoxy) is 1. The van der Waals surface area contributed by atoms with Gasteiger partial charge in [-0.05, 0) is 62.4 Å². The van der Waals surface area contributed by atoms with E-state index in [4.69, 9.17) is 4.74 Å². The predicted molar refractivity (Wildman–Crippen MR) is 102 cm³/mol. The molecule has 0 aliphatic heterocycles. The Kier molecular flexibility index (Phi) is 7.08. The lowest BCUT2D eigenvalue weighted by molar-refractivity contribution is -0.117. The van der Waals surface area contributed by atoms with Crippen LogP contribution in [0.4, 0.5) is 11.4 Å². The fourth-order valence-corrected chi connectivity index (χ4v) is 2.29. The largest absolute Gasteiger partial charge is 0.462 e. The van der Waals surface area contributed by atoms with Crippen molar-refractivity contribution in [2.75, 3.05) is 17.2 Å². The molecule has 0 spiro atoms. The molecule has 0 aliphatic rings. The molecule has 2 aromatic carbocycles. The summed E-state index contributed by atoms with van der Waals surface area (Å²) in [5, 5.41) is 14.6. The van der Waals surface area contributed by atoms with Crippen LogP contribution in [0.15, 0.2) is 48.5 Å². The number of anilines is 2. The van der Waals surface area contributed by atoms with Gasteiger partial charge < -0.3 is 20.5 Å². The summed E-state index contributed by atoms with van der Waals surface area (Å²) >= 11 is 0. The minimum Gasteiger partial charge on any atom is -0.462 e. The molecule has 1 atom stereocenters. The number of carbonyl (C=O) groups is 3.